The van der Waals surface area contributed by atoms with Crippen molar-refractivity contribution in [1.82, 2.24) is 9.78 Å². The monoisotopic (exact) mass is 271 g/mol. The lowest BCUT2D eigenvalue weighted by Gasteiger charge is -2.04. The van der Waals surface area contributed by atoms with Crippen molar-refractivity contribution in [3.05, 3.63) is 41.1 Å². The van der Waals surface area contributed by atoms with E-state index in [-0.39, 0.29) is 0 Å². The first-order valence-electron chi connectivity index (χ1n) is 7.19. The van der Waals surface area contributed by atoms with Crippen LogP contribution in [0.15, 0.2) is 24.3 Å². The highest BCUT2D eigenvalue weighted by Crippen LogP contribution is 2.26. The predicted molar refractivity (Wildman–Crippen MR) is 80.4 cm³/mol. The molecule has 3 rings (SSSR count). The Morgan fingerprint density at radius 3 is 2.80 bits per heavy atom. The van der Waals surface area contributed by atoms with E-state index in [9.17, 15) is 0 Å². The van der Waals surface area contributed by atoms with Gasteiger partial charge in [0.25, 0.3) is 0 Å². The van der Waals surface area contributed by atoms with Crippen LogP contribution in [-0.2, 0) is 19.9 Å². The summed E-state index contributed by atoms with van der Waals surface area (Å²) < 4.78 is 7.19. The minimum Gasteiger partial charge on any atom is -0.497 e. The number of aryl methyl sites for hydroxylation is 1. The molecule has 0 radical (unpaired) electrons. The summed E-state index contributed by atoms with van der Waals surface area (Å²) in [6.07, 6.45) is 4.48. The molecule has 0 bridgehead atoms. The first-order valence-corrected chi connectivity index (χ1v) is 7.19. The van der Waals surface area contributed by atoms with Gasteiger partial charge < -0.3 is 10.1 Å². The molecule has 0 saturated carbocycles. The second-order valence-electron chi connectivity index (χ2n) is 5.31. The van der Waals surface area contributed by atoms with E-state index in [4.69, 9.17) is 9.84 Å². The standard InChI is InChI=1S/C16H21N3O/c1-19-16-14(5-3-4-10-17-16)15(18-19)11-12-6-8-13(20-2)9-7-12/h6-9,17H,3-5,10-11H2,1-2H3. The number of rotatable bonds is 3. The van der Waals surface area contributed by atoms with Gasteiger partial charge in [-0.25, -0.2) is 0 Å². The number of nitrogens with one attached hydrogen (secondary N) is 1. The Balaban J connectivity index is 1.86. The molecule has 0 atom stereocenters. The number of fused-ring (bicyclic) bond motifs is 1. The van der Waals surface area contributed by atoms with Crippen LogP contribution >= 0.6 is 0 Å². The van der Waals surface area contributed by atoms with Crippen LogP contribution in [0.25, 0.3) is 0 Å². The Hall–Kier alpha value is -1.97. The molecule has 1 aliphatic rings. The van der Waals surface area contributed by atoms with Crippen LogP contribution in [0, 0.1) is 0 Å². The number of nitrogens with zero attached hydrogens (tertiary/aromatic N) is 2. The minimum absolute atomic E-state index is 0.884. The molecule has 0 spiro atoms. The van der Waals surface area contributed by atoms with Crippen molar-refractivity contribution in [2.75, 3.05) is 19.0 Å². The van der Waals surface area contributed by atoms with Gasteiger partial charge in [0.1, 0.15) is 11.6 Å². The van der Waals surface area contributed by atoms with E-state index in [2.05, 4.69) is 17.4 Å². The molecule has 0 saturated heterocycles. The molecule has 1 aromatic heterocycles. The summed E-state index contributed by atoms with van der Waals surface area (Å²) in [6, 6.07) is 8.25. The number of aromatic nitrogens is 2. The molecular weight excluding hydrogens is 250 g/mol. The van der Waals surface area contributed by atoms with Gasteiger partial charge in [-0.05, 0) is 37.0 Å². The van der Waals surface area contributed by atoms with E-state index in [1.54, 1.807) is 7.11 Å². The van der Waals surface area contributed by atoms with Gasteiger partial charge >= 0.3 is 0 Å². The Kier molecular flexibility index (Phi) is 3.63. The maximum atomic E-state index is 5.20. The van der Waals surface area contributed by atoms with E-state index in [0.29, 0.717) is 0 Å². The zero-order valence-corrected chi connectivity index (χ0v) is 12.1. The van der Waals surface area contributed by atoms with Gasteiger partial charge in [0, 0.05) is 25.6 Å². The van der Waals surface area contributed by atoms with Gasteiger partial charge in [-0.1, -0.05) is 12.1 Å². The smallest absolute Gasteiger partial charge is 0.127 e. The third kappa shape index (κ3) is 2.50. The van der Waals surface area contributed by atoms with Crippen LogP contribution in [0.5, 0.6) is 5.75 Å². The minimum atomic E-state index is 0.884. The molecule has 1 aromatic carbocycles. The van der Waals surface area contributed by atoms with Gasteiger partial charge in [-0.2, -0.15) is 5.10 Å². The van der Waals surface area contributed by atoms with E-state index < -0.39 is 0 Å². The molecule has 1 aliphatic heterocycles. The van der Waals surface area contributed by atoms with Crippen LogP contribution in [0.1, 0.15) is 29.7 Å². The average molecular weight is 271 g/mol. The van der Waals surface area contributed by atoms with Gasteiger partial charge in [-0.3, -0.25) is 4.68 Å². The maximum absolute atomic E-state index is 5.20. The van der Waals surface area contributed by atoms with Crippen molar-refractivity contribution in [2.24, 2.45) is 7.05 Å². The summed E-state index contributed by atoms with van der Waals surface area (Å²) in [4.78, 5) is 0. The summed E-state index contributed by atoms with van der Waals surface area (Å²) in [6.45, 7) is 1.05. The van der Waals surface area contributed by atoms with Crippen LogP contribution in [0.2, 0.25) is 0 Å². The van der Waals surface area contributed by atoms with E-state index in [1.807, 2.05) is 23.9 Å². The first kappa shape index (κ1) is 13.0. The number of hydrogen-bond donors (Lipinski definition) is 1. The van der Waals surface area contributed by atoms with Crippen LogP contribution < -0.4 is 10.1 Å². The SMILES string of the molecule is COc1ccc(Cc2nn(C)c3c2CCCCN3)cc1. The Labute approximate surface area is 119 Å². The van der Waals surface area contributed by atoms with Gasteiger partial charge in [0.2, 0.25) is 0 Å². The molecule has 0 fully saturated rings. The lowest BCUT2D eigenvalue weighted by atomic mass is 10.0. The van der Waals surface area contributed by atoms with E-state index >= 15 is 0 Å². The number of hydrogen-bond acceptors (Lipinski definition) is 3. The number of methoxy groups -OCH3 is 1. The van der Waals surface area contributed by atoms with Crippen molar-refractivity contribution >= 4 is 5.82 Å². The van der Waals surface area contributed by atoms with Crippen molar-refractivity contribution in [3.8, 4) is 5.75 Å². The lowest BCUT2D eigenvalue weighted by Crippen LogP contribution is -2.04. The molecule has 0 amide bonds. The van der Waals surface area contributed by atoms with Gasteiger partial charge in [0.05, 0.1) is 12.8 Å². The second-order valence-corrected chi connectivity index (χ2v) is 5.31. The molecule has 4 heteroatoms. The third-order valence-corrected chi connectivity index (χ3v) is 3.91. The molecule has 4 nitrogen and oxygen atoms in total. The van der Waals surface area contributed by atoms with Crippen LogP contribution in [0.4, 0.5) is 5.82 Å². The zero-order valence-electron chi connectivity index (χ0n) is 12.1. The quantitative estimate of drug-likeness (QED) is 0.933. The molecule has 0 aliphatic carbocycles. The summed E-state index contributed by atoms with van der Waals surface area (Å²) >= 11 is 0. The van der Waals surface area contributed by atoms with Gasteiger partial charge in [0.15, 0.2) is 0 Å². The molecule has 1 N–H and O–H groups in total. The van der Waals surface area contributed by atoms with Crippen molar-refractivity contribution in [1.29, 1.82) is 0 Å². The fourth-order valence-corrected chi connectivity index (χ4v) is 2.82. The number of benzene rings is 1. The summed E-state index contributed by atoms with van der Waals surface area (Å²) in [5.41, 5.74) is 3.86. The second kappa shape index (κ2) is 5.57. The average Bonchev–Trinajstić information content (AvgIpc) is 2.67. The Morgan fingerprint density at radius 1 is 1.25 bits per heavy atom. The first-order chi connectivity index (χ1) is 9.78. The largest absolute Gasteiger partial charge is 0.497 e. The van der Waals surface area contributed by atoms with E-state index in [0.717, 1.165) is 25.1 Å². The zero-order chi connectivity index (χ0) is 13.9. The van der Waals surface area contributed by atoms with Crippen molar-refractivity contribution in [2.45, 2.75) is 25.7 Å². The molecular formula is C16H21N3O. The maximum Gasteiger partial charge on any atom is 0.127 e. The number of ether oxygens (including phenoxy) is 1. The van der Waals surface area contributed by atoms with Crippen LogP contribution in [0.3, 0.4) is 0 Å². The topological polar surface area (TPSA) is 39.1 Å². The van der Waals surface area contributed by atoms with Crippen molar-refractivity contribution < 1.29 is 4.74 Å². The molecule has 20 heavy (non-hydrogen) atoms. The summed E-state index contributed by atoms with van der Waals surface area (Å²) in [5.74, 6) is 2.10. The normalized spacial score (nSPS) is 14.3. The lowest BCUT2D eigenvalue weighted by molar-refractivity contribution is 0.414. The molecule has 2 aromatic rings. The van der Waals surface area contributed by atoms with Crippen LogP contribution in [-0.4, -0.2) is 23.4 Å². The summed E-state index contributed by atoms with van der Waals surface area (Å²) in [5, 5.41) is 8.19. The summed E-state index contributed by atoms with van der Waals surface area (Å²) in [7, 11) is 3.72. The fourth-order valence-electron chi connectivity index (χ4n) is 2.82. The van der Waals surface area contributed by atoms with Gasteiger partial charge in [-0.15, -0.1) is 0 Å². The molecule has 2 heterocycles. The number of anilines is 1. The highest BCUT2D eigenvalue weighted by atomic mass is 16.5. The Bertz CT molecular complexity index is 587. The highest BCUT2D eigenvalue weighted by molar-refractivity contribution is 5.50. The predicted octanol–water partition coefficient (Wildman–Crippen LogP) is 2.77. The highest BCUT2D eigenvalue weighted by Gasteiger charge is 2.18. The fraction of sp³-hybridized carbons (Fsp3) is 0.438. The molecule has 106 valence electrons. The molecule has 0 unspecified atom stereocenters. The van der Waals surface area contributed by atoms with Crippen molar-refractivity contribution in [3.63, 3.8) is 0 Å². The Morgan fingerprint density at radius 2 is 2.05 bits per heavy atom. The van der Waals surface area contributed by atoms with E-state index in [1.165, 1.54) is 35.5 Å². The third-order valence-electron chi connectivity index (χ3n) is 3.91.